The van der Waals surface area contributed by atoms with Gasteiger partial charge in [0.25, 0.3) is 0 Å². The number of fused-ring (bicyclic) bond motifs is 1. The van der Waals surface area contributed by atoms with E-state index in [2.05, 4.69) is 5.32 Å². The Labute approximate surface area is 178 Å². The molecule has 3 aromatic carbocycles. The second kappa shape index (κ2) is 8.70. The molecule has 4 aromatic rings. The van der Waals surface area contributed by atoms with Crippen LogP contribution in [0.1, 0.15) is 32.7 Å². The van der Waals surface area contributed by atoms with Crippen LogP contribution in [0.25, 0.3) is 10.9 Å². The molecule has 4 nitrogen and oxygen atoms in total. The molecule has 0 aliphatic rings. The van der Waals surface area contributed by atoms with Crippen molar-refractivity contribution in [1.82, 2.24) is 9.88 Å². The highest BCUT2D eigenvalue weighted by Gasteiger charge is 2.23. The van der Waals surface area contributed by atoms with Crippen molar-refractivity contribution in [2.24, 2.45) is 0 Å². The number of carboxylic acids is 1. The minimum absolute atomic E-state index is 0.117. The van der Waals surface area contributed by atoms with E-state index in [-0.39, 0.29) is 23.9 Å². The Morgan fingerprint density at radius 1 is 1.00 bits per heavy atom. The lowest BCUT2D eigenvalue weighted by Gasteiger charge is -2.11. The number of benzene rings is 3. The van der Waals surface area contributed by atoms with E-state index in [0.29, 0.717) is 24.2 Å². The number of hydrogen-bond donors (Lipinski definition) is 2. The highest BCUT2D eigenvalue weighted by atomic mass is 19.1. The second-order valence-corrected chi connectivity index (χ2v) is 7.56. The summed E-state index contributed by atoms with van der Waals surface area (Å²) in [5.74, 6) is -1.74. The minimum Gasteiger partial charge on any atom is -0.477 e. The molecule has 0 radical (unpaired) electrons. The summed E-state index contributed by atoms with van der Waals surface area (Å²) in [5.41, 5.74) is 3.83. The van der Waals surface area contributed by atoms with Gasteiger partial charge in [0.15, 0.2) is 0 Å². The predicted molar refractivity (Wildman–Crippen MR) is 116 cm³/mol. The molecule has 158 valence electrons. The molecule has 0 saturated heterocycles. The van der Waals surface area contributed by atoms with Crippen LogP contribution in [0.2, 0.25) is 0 Å². The normalized spacial score (nSPS) is 11.2. The molecular formula is C25H22F2N2O2. The number of carboxylic acid groups (broad SMARTS) is 1. The zero-order chi connectivity index (χ0) is 22.0. The second-order valence-electron chi connectivity index (χ2n) is 7.56. The number of nitrogens with one attached hydrogen (secondary N) is 1. The number of rotatable bonds is 7. The molecule has 0 spiro atoms. The van der Waals surface area contributed by atoms with E-state index >= 15 is 0 Å². The molecule has 0 atom stereocenters. The molecule has 2 N–H and O–H groups in total. The zero-order valence-corrected chi connectivity index (χ0v) is 17.0. The molecule has 4 rings (SSSR count). The van der Waals surface area contributed by atoms with Crippen molar-refractivity contribution in [1.29, 1.82) is 0 Å². The Kier molecular flexibility index (Phi) is 5.82. The van der Waals surface area contributed by atoms with Crippen LogP contribution in [-0.2, 0) is 19.6 Å². The molecule has 0 amide bonds. The predicted octanol–water partition coefficient (Wildman–Crippen LogP) is 5.26. The van der Waals surface area contributed by atoms with Crippen molar-refractivity contribution in [3.05, 3.63) is 106 Å². The summed E-state index contributed by atoms with van der Waals surface area (Å²) in [6.45, 7) is 2.83. The van der Waals surface area contributed by atoms with Crippen LogP contribution in [0.5, 0.6) is 0 Å². The summed E-state index contributed by atoms with van der Waals surface area (Å²) in [6.07, 6.45) is 0. The number of hydrogen-bond acceptors (Lipinski definition) is 2. The molecule has 0 saturated carbocycles. The van der Waals surface area contributed by atoms with Crippen LogP contribution in [0.4, 0.5) is 8.78 Å². The van der Waals surface area contributed by atoms with Crippen molar-refractivity contribution < 1.29 is 18.7 Å². The van der Waals surface area contributed by atoms with E-state index < -0.39 is 5.97 Å². The lowest BCUT2D eigenvalue weighted by Crippen LogP contribution is -2.17. The fraction of sp³-hybridized carbons (Fsp3) is 0.160. The van der Waals surface area contributed by atoms with Crippen molar-refractivity contribution in [2.45, 2.75) is 26.6 Å². The number of aromatic carboxylic acids is 1. The Morgan fingerprint density at radius 2 is 1.74 bits per heavy atom. The molecule has 0 fully saturated rings. The van der Waals surface area contributed by atoms with Gasteiger partial charge in [-0.2, -0.15) is 0 Å². The lowest BCUT2D eigenvalue weighted by molar-refractivity contribution is 0.0684. The fourth-order valence-corrected chi connectivity index (χ4v) is 3.85. The SMILES string of the molecule is Cc1ccc2c(CNCc3ccc(F)cc3)c(C(=O)O)n(Cc3ccccc3F)c2c1. The largest absolute Gasteiger partial charge is 0.477 e. The number of nitrogens with zero attached hydrogens (tertiary/aromatic N) is 1. The molecule has 0 aliphatic carbocycles. The van der Waals surface area contributed by atoms with Gasteiger partial charge in [0, 0.05) is 35.1 Å². The average Bonchev–Trinajstić information content (AvgIpc) is 3.04. The number of halogens is 2. The third kappa shape index (κ3) is 4.34. The van der Waals surface area contributed by atoms with Crippen LogP contribution >= 0.6 is 0 Å². The van der Waals surface area contributed by atoms with Gasteiger partial charge in [0.2, 0.25) is 0 Å². The van der Waals surface area contributed by atoms with Crippen LogP contribution in [0.3, 0.4) is 0 Å². The smallest absolute Gasteiger partial charge is 0.352 e. The van der Waals surface area contributed by atoms with Gasteiger partial charge in [-0.1, -0.05) is 42.5 Å². The summed E-state index contributed by atoms with van der Waals surface area (Å²) < 4.78 is 29.1. The Bertz CT molecular complexity index is 1250. The molecule has 6 heteroatoms. The lowest BCUT2D eigenvalue weighted by atomic mass is 10.1. The van der Waals surface area contributed by atoms with Crippen molar-refractivity contribution in [3.8, 4) is 0 Å². The van der Waals surface area contributed by atoms with Gasteiger partial charge in [-0.25, -0.2) is 13.6 Å². The first-order valence-electron chi connectivity index (χ1n) is 9.97. The van der Waals surface area contributed by atoms with Gasteiger partial charge >= 0.3 is 5.97 Å². The van der Waals surface area contributed by atoms with E-state index in [1.54, 1.807) is 34.9 Å². The highest BCUT2D eigenvalue weighted by molar-refractivity contribution is 5.98. The molecule has 1 aromatic heterocycles. The zero-order valence-electron chi connectivity index (χ0n) is 17.0. The van der Waals surface area contributed by atoms with E-state index in [0.717, 1.165) is 22.0 Å². The van der Waals surface area contributed by atoms with Gasteiger partial charge in [0.05, 0.1) is 6.54 Å². The van der Waals surface area contributed by atoms with Gasteiger partial charge < -0.3 is 15.0 Å². The summed E-state index contributed by atoms with van der Waals surface area (Å²) in [4.78, 5) is 12.3. The van der Waals surface area contributed by atoms with Crippen LogP contribution in [-0.4, -0.2) is 15.6 Å². The molecule has 1 heterocycles. The van der Waals surface area contributed by atoms with Gasteiger partial charge in [0.1, 0.15) is 17.3 Å². The summed E-state index contributed by atoms with van der Waals surface area (Å²) in [6, 6.07) is 18.3. The average molecular weight is 420 g/mol. The monoisotopic (exact) mass is 420 g/mol. The maximum atomic E-state index is 14.3. The van der Waals surface area contributed by atoms with E-state index in [4.69, 9.17) is 0 Å². The molecular weight excluding hydrogens is 398 g/mol. The molecule has 0 aliphatic heterocycles. The fourth-order valence-electron chi connectivity index (χ4n) is 3.85. The van der Waals surface area contributed by atoms with Crippen LogP contribution in [0, 0.1) is 18.6 Å². The molecule has 31 heavy (non-hydrogen) atoms. The summed E-state index contributed by atoms with van der Waals surface area (Å²) in [7, 11) is 0. The number of aryl methyl sites for hydroxylation is 1. The van der Waals surface area contributed by atoms with E-state index in [1.165, 1.54) is 18.2 Å². The first kappa shape index (κ1) is 20.8. The van der Waals surface area contributed by atoms with Gasteiger partial charge in [-0.15, -0.1) is 0 Å². The third-order valence-corrected chi connectivity index (χ3v) is 5.36. The molecule has 0 bridgehead atoms. The maximum Gasteiger partial charge on any atom is 0.352 e. The topological polar surface area (TPSA) is 54.3 Å². The van der Waals surface area contributed by atoms with Crippen LogP contribution in [0.15, 0.2) is 66.7 Å². The quantitative estimate of drug-likeness (QED) is 0.429. The maximum absolute atomic E-state index is 14.3. The van der Waals surface area contributed by atoms with Gasteiger partial charge in [-0.3, -0.25) is 0 Å². The summed E-state index contributed by atoms with van der Waals surface area (Å²) in [5, 5.41) is 14.1. The van der Waals surface area contributed by atoms with Crippen molar-refractivity contribution in [3.63, 3.8) is 0 Å². The highest BCUT2D eigenvalue weighted by Crippen LogP contribution is 2.29. The third-order valence-electron chi connectivity index (χ3n) is 5.36. The number of carbonyl (C=O) groups is 1. The Hall–Kier alpha value is -3.51. The van der Waals surface area contributed by atoms with Gasteiger partial charge in [-0.05, 0) is 42.3 Å². The summed E-state index contributed by atoms with van der Waals surface area (Å²) >= 11 is 0. The Morgan fingerprint density at radius 3 is 2.45 bits per heavy atom. The minimum atomic E-state index is -1.07. The standard InChI is InChI=1S/C25H22F2N2O2/c1-16-6-11-20-21(14-28-13-17-7-9-19(26)10-8-17)24(25(30)31)29(23(20)12-16)15-18-4-2-3-5-22(18)27/h2-12,28H,13-15H2,1H3,(H,30,31). The Balaban J connectivity index is 1.73. The van der Waals surface area contributed by atoms with Crippen molar-refractivity contribution in [2.75, 3.05) is 0 Å². The van der Waals surface area contributed by atoms with E-state index in [1.807, 2.05) is 25.1 Å². The van der Waals surface area contributed by atoms with Crippen molar-refractivity contribution >= 4 is 16.9 Å². The molecule has 0 unspecified atom stereocenters. The first-order valence-corrected chi connectivity index (χ1v) is 9.97. The van der Waals surface area contributed by atoms with Crippen LogP contribution < -0.4 is 5.32 Å². The number of aromatic nitrogens is 1. The first-order chi connectivity index (χ1) is 14.9. The van der Waals surface area contributed by atoms with E-state index in [9.17, 15) is 18.7 Å².